The Kier molecular flexibility index (Phi) is 3.88. The summed E-state index contributed by atoms with van der Waals surface area (Å²) in [5.74, 6) is 0.852. The van der Waals surface area contributed by atoms with Crippen LogP contribution in [0.25, 0.3) is 0 Å². The van der Waals surface area contributed by atoms with Crippen molar-refractivity contribution in [2.45, 2.75) is 18.4 Å². The van der Waals surface area contributed by atoms with Crippen molar-refractivity contribution in [1.29, 1.82) is 0 Å². The Morgan fingerprint density at radius 3 is 2.80 bits per heavy atom. The van der Waals surface area contributed by atoms with Gasteiger partial charge in [-0.15, -0.1) is 0 Å². The molecule has 128 valence electrons. The number of anilines is 1. The Labute approximate surface area is 150 Å². The molecule has 1 aliphatic heterocycles. The number of hydrogen-bond acceptors (Lipinski definition) is 4. The minimum absolute atomic E-state index is 0.0246. The van der Waals surface area contributed by atoms with Crippen LogP contribution in [0.5, 0.6) is 5.75 Å². The SMILES string of the molecule is COc1cc([N+](=O)[O-])cc2c1N[C@@H](c1ccccc1Cl)[C@H]1CC=C[C@H]21. The molecule has 0 amide bonds. The van der Waals surface area contributed by atoms with Crippen LogP contribution in [0.1, 0.15) is 29.5 Å². The molecule has 0 saturated carbocycles. The van der Waals surface area contributed by atoms with Gasteiger partial charge < -0.3 is 10.1 Å². The van der Waals surface area contributed by atoms with E-state index in [-0.39, 0.29) is 28.5 Å². The summed E-state index contributed by atoms with van der Waals surface area (Å²) in [5, 5.41) is 15.5. The largest absolute Gasteiger partial charge is 0.494 e. The lowest BCUT2D eigenvalue weighted by Gasteiger charge is -2.38. The van der Waals surface area contributed by atoms with Gasteiger partial charge in [0.15, 0.2) is 0 Å². The van der Waals surface area contributed by atoms with E-state index in [1.165, 1.54) is 13.2 Å². The van der Waals surface area contributed by atoms with E-state index in [1.807, 2.05) is 24.3 Å². The van der Waals surface area contributed by atoms with Gasteiger partial charge in [0.25, 0.3) is 5.69 Å². The maximum atomic E-state index is 11.3. The Morgan fingerprint density at radius 2 is 2.08 bits per heavy atom. The Balaban J connectivity index is 1.87. The number of benzene rings is 2. The van der Waals surface area contributed by atoms with Crippen LogP contribution in [-0.2, 0) is 0 Å². The van der Waals surface area contributed by atoms with Gasteiger partial charge in [-0.05, 0) is 29.5 Å². The molecule has 0 aromatic heterocycles. The zero-order valence-corrected chi connectivity index (χ0v) is 14.4. The minimum Gasteiger partial charge on any atom is -0.494 e. The van der Waals surface area contributed by atoms with E-state index in [1.54, 1.807) is 6.07 Å². The van der Waals surface area contributed by atoms with Gasteiger partial charge in [0, 0.05) is 17.0 Å². The van der Waals surface area contributed by atoms with E-state index in [2.05, 4.69) is 17.5 Å². The van der Waals surface area contributed by atoms with Gasteiger partial charge >= 0.3 is 0 Å². The van der Waals surface area contributed by atoms with Gasteiger partial charge in [-0.3, -0.25) is 10.1 Å². The van der Waals surface area contributed by atoms with Gasteiger partial charge in [-0.1, -0.05) is 42.0 Å². The summed E-state index contributed by atoms with van der Waals surface area (Å²) in [6.45, 7) is 0. The highest BCUT2D eigenvalue weighted by atomic mass is 35.5. The Hall–Kier alpha value is -2.53. The number of methoxy groups -OCH3 is 1. The monoisotopic (exact) mass is 356 g/mol. The highest BCUT2D eigenvalue weighted by Crippen LogP contribution is 2.53. The van der Waals surface area contributed by atoms with Gasteiger partial charge in [0.05, 0.1) is 29.8 Å². The van der Waals surface area contributed by atoms with Gasteiger partial charge in [0.2, 0.25) is 0 Å². The molecule has 0 unspecified atom stereocenters. The molecule has 1 aliphatic carbocycles. The van der Waals surface area contributed by atoms with Crippen molar-refractivity contribution < 1.29 is 9.66 Å². The van der Waals surface area contributed by atoms with Crippen LogP contribution >= 0.6 is 11.6 Å². The van der Waals surface area contributed by atoms with E-state index in [9.17, 15) is 10.1 Å². The molecule has 6 heteroatoms. The molecule has 25 heavy (non-hydrogen) atoms. The molecule has 0 spiro atoms. The third-order valence-corrected chi connectivity index (χ3v) is 5.43. The Bertz CT molecular complexity index is 881. The van der Waals surface area contributed by atoms with Crippen molar-refractivity contribution in [3.63, 3.8) is 0 Å². The van der Waals surface area contributed by atoms with E-state index >= 15 is 0 Å². The fourth-order valence-electron chi connectivity index (χ4n) is 3.95. The third kappa shape index (κ3) is 2.55. The van der Waals surface area contributed by atoms with Crippen LogP contribution in [0, 0.1) is 16.0 Å². The van der Waals surface area contributed by atoms with Crippen LogP contribution in [-0.4, -0.2) is 12.0 Å². The van der Waals surface area contributed by atoms with Crippen LogP contribution in [0.4, 0.5) is 11.4 Å². The fourth-order valence-corrected chi connectivity index (χ4v) is 4.21. The molecule has 0 bridgehead atoms. The van der Waals surface area contributed by atoms with Crippen LogP contribution in [0.2, 0.25) is 5.02 Å². The van der Waals surface area contributed by atoms with Crippen molar-refractivity contribution in [3.8, 4) is 5.75 Å². The first-order valence-electron chi connectivity index (χ1n) is 8.14. The predicted molar refractivity (Wildman–Crippen MR) is 97.5 cm³/mol. The van der Waals surface area contributed by atoms with E-state index < -0.39 is 0 Å². The zero-order chi connectivity index (χ0) is 17.6. The first-order chi connectivity index (χ1) is 12.1. The van der Waals surface area contributed by atoms with E-state index in [0.29, 0.717) is 5.75 Å². The highest BCUT2D eigenvalue weighted by molar-refractivity contribution is 6.31. The van der Waals surface area contributed by atoms with Crippen molar-refractivity contribution >= 4 is 23.0 Å². The second-order valence-electron chi connectivity index (χ2n) is 6.37. The molecule has 0 fully saturated rings. The topological polar surface area (TPSA) is 64.4 Å². The number of nitro benzene ring substituents is 1. The average Bonchev–Trinajstić information content (AvgIpc) is 3.10. The van der Waals surface area contributed by atoms with E-state index in [0.717, 1.165) is 28.3 Å². The van der Waals surface area contributed by atoms with Gasteiger partial charge in [0.1, 0.15) is 5.75 Å². The smallest absolute Gasteiger partial charge is 0.273 e. The summed E-state index contributed by atoms with van der Waals surface area (Å²) in [6.07, 6.45) is 5.18. The first-order valence-corrected chi connectivity index (χ1v) is 8.52. The lowest BCUT2D eigenvalue weighted by atomic mass is 9.76. The maximum Gasteiger partial charge on any atom is 0.273 e. The van der Waals surface area contributed by atoms with Crippen LogP contribution in [0.3, 0.4) is 0 Å². The number of nitrogens with zero attached hydrogens (tertiary/aromatic N) is 1. The molecule has 1 heterocycles. The third-order valence-electron chi connectivity index (χ3n) is 5.09. The second kappa shape index (κ2) is 6.08. The number of rotatable bonds is 3. The first kappa shape index (κ1) is 16.0. The summed E-state index contributed by atoms with van der Waals surface area (Å²) >= 11 is 6.43. The predicted octanol–water partition coefficient (Wildman–Crippen LogP) is 5.08. The fraction of sp³-hybridized carbons (Fsp3) is 0.263. The summed E-state index contributed by atoms with van der Waals surface area (Å²) in [6, 6.07) is 10.9. The van der Waals surface area contributed by atoms with Gasteiger partial charge in [-0.2, -0.15) is 0 Å². The van der Waals surface area contributed by atoms with Crippen LogP contribution < -0.4 is 10.1 Å². The molecule has 2 aliphatic rings. The van der Waals surface area contributed by atoms with Crippen molar-refractivity contribution in [1.82, 2.24) is 0 Å². The summed E-state index contributed by atoms with van der Waals surface area (Å²) in [7, 11) is 1.53. The molecule has 5 nitrogen and oxygen atoms in total. The molecule has 0 radical (unpaired) electrons. The molecule has 2 aromatic carbocycles. The molecule has 2 aromatic rings. The lowest BCUT2D eigenvalue weighted by molar-refractivity contribution is -0.385. The molecule has 3 atom stereocenters. The highest BCUT2D eigenvalue weighted by Gasteiger charge is 2.40. The molecular weight excluding hydrogens is 340 g/mol. The zero-order valence-electron chi connectivity index (χ0n) is 13.6. The molecule has 1 N–H and O–H groups in total. The summed E-state index contributed by atoms with van der Waals surface area (Å²) in [5.41, 5.74) is 2.81. The number of nitrogens with one attached hydrogen (secondary N) is 1. The lowest BCUT2D eigenvalue weighted by Crippen LogP contribution is -2.29. The molecular formula is C19H17ClN2O3. The number of non-ortho nitro benzene ring substituents is 1. The quantitative estimate of drug-likeness (QED) is 0.473. The Morgan fingerprint density at radius 1 is 1.28 bits per heavy atom. The number of ether oxygens (including phenoxy) is 1. The standard InChI is InChI=1S/C19H17ClN2O3/c1-25-17-10-11(22(23)24)9-15-12-6-4-7-13(12)18(21-19(15)17)14-5-2-3-8-16(14)20/h2-6,8-10,12-13,18,21H,7H2,1H3/t12-,13-,18+/m0/s1. The number of hydrogen-bond donors (Lipinski definition) is 1. The van der Waals surface area contributed by atoms with Crippen LogP contribution in [0.15, 0.2) is 48.6 Å². The van der Waals surface area contributed by atoms with E-state index in [4.69, 9.17) is 16.3 Å². The maximum absolute atomic E-state index is 11.3. The minimum atomic E-state index is -0.378. The normalized spacial score (nSPS) is 23.5. The van der Waals surface area contributed by atoms with Crippen molar-refractivity contribution in [2.24, 2.45) is 5.92 Å². The van der Waals surface area contributed by atoms with Gasteiger partial charge in [-0.25, -0.2) is 0 Å². The number of fused-ring (bicyclic) bond motifs is 3. The second-order valence-corrected chi connectivity index (χ2v) is 6.77. The molecule has 4 rings (SSSR count). The molecule has 0 saturated heterocycles. The van der Waals surface area contributed by atoms with Crippen molar-refractivity contribution in [2.75, 3.05) is 12.4 Å². The number of nitro groups is 1. The number of halogens is 1. The average molecular weight is 357 g/mol. The summed E-state index contributed by atoms with van der Waals surface area (Å²) in [4.78, 5) is 10.9. The van der Waals surface area contributed by atoms with Crippen molar-refractivity contribution in [3.05, 3.63) is 74.8 Å². The summed E-state index contributed by atoms with van der Waals surface area (Å²) < 4.78 is 5.44. The number of allylic oxidation sites excluding steroid dienone is 2.